The summed E-state index contributed by atoms with van der Waals surface area (Å²) < 4.78 is 0. The first-order chi connectivity index (χ1) is 9.98. The number of rotatable bonds is 3. The normalized spacial score (nSPS) is 15.4. The molecule has 3 heteroatoms. The molecule has 0 bridgehead atoms. The molecule has 0 aromatic heterocycles. The summed E-state index contributed by atoms with van der Waals surface area (Å²) in [5.41, 5.74) is 2.77. The van der Waals surface area contributed by atoms with Crippen molar-refractivity contribution in [3.05, 3.63) is 65.2 Å². The predicted molar refractivity (Wildman–Crippen MR) is 82.6 cm³/mol. The van der Waals surface area contributed by atoms with E-state index in [4.69, 9.17) is 0 Å². The van der Waals surface area contributed by atoms with Crippen LogP contribution in [0.4, 0.5) is 5.69 Å². The Morgan fingerprint density at radius 1 is 1.10 bits per heavy atom. The average Bonchev–Trinajstić information content (AvgIpc) is 2.70. The van der Waals surface area contributed by atoms with Gasteiger partial charge in [0, 0.05) is 17.7 Å². The maximum Gasteiger partial charge on any atom is 0.234 e. The molecule has 0 spiro atoms. The van der Waals surface area contributed by atoms with E-state index in [-0.39, 0.29) is 11.7 Å². The van der Waals surface area contributed by atoms with Crippen LogP contribution in [0.2, 0.25) is 0 Å². The highest BCUT2D eigenvalue weighted by Crippen LogP contribution is 2.37. The Morgan fingerprint density at radius 2 is 1.81 bits per heavy atom. The summed E-state index contributed by atoms with van der Waals surface area (Å²) in [5.74, 6) is 0.0457. The number of carbonyl (C=O) groups excluding carboxylic acids is 2. The van der Waals surface area contributed by atoms with E-state index >= 15 is 0 Å². The highest BCUT2D eigenvalue weighted by molar-refractivity contribution is 6.07. The molecule has 0 atom stereocenters. The Labute approximate surface area is 124 Å². The summed E-state index contributed by atoms with van der Waals surface area (Å²) in [4.78, 5) is 24.3. The van der Waals surface area contributed by atoms with Gasteiger partial charge in [-0.1, -0.05) is 30.3 Å². The molecular weight excluding hydrogens is 262 g/mol. The molecule has 21 heavy (non-hydrogen) atoms. The monoisotopic (exact) mass is 279 g/mol. The largest absolute Gasteiger partial charge is 0.325 e. The van der Waals surface area contributed by atoms with Gasteiger partial charge in [-0.2, -0.15) is 0 Å². The number of benzene rings is 2. The fourth-order valence-corrected chi connectivity index (χ4v) is 2.63. The van der Waals surface area contributed by atoms with Crippen LogP contribution in [-0.4, -0.2) is 11.7 Å². The summed E-state index contributed by atoms with van der Waals surface area (Å²) in [6, 6.07) is 15.1. The zero-order valence-corrected chi connectivity index (χ0v) is 12.1. The number of nitrogens with one attached hydrogen (secondary N) is 1. The van der Waals surface area contributed by atoms with E-state index in [0.29, 0.717) is 12.0 Å². The third-order valence-corrected chi connectivity index (χ3v) is 4.04. The lowest BCUT2D eigenvalue weighted by atomic mass is 9.85. The van der Waals surface area contributed by atoms with E-state index in [9.17, 15) is 9.59 Å². The highest BCUT2D eigenvalue weighted by Gasteiger charge is 2.38. The summed E-state index contributed by atoms with van der Waals surface area (Å²) in [6.07, 6.45) is 0.376. The zero-order chi connectivity index (χ0) is 15.0. The second-order valence-corrected chi connectivity index (χ2v) is 5.93. The molecule has 0 radical (unpaired) electrons. The van der Waals surface area contributed by atoms with Crippen LogP contribution < -0.4 is 5.32 Å². The number of ketones is 1. The molecular formula is C18H17NO2. The predicted octanol–water partition coefficient (Wildman–Crippen LogP) is 3.34. The van der Waals surface area contributed by atoms with E-state index in [0.717, 1.165) is 16.8 Å². The molecule has 2 aromatic carbocycles. The van der Waals surface area contributed by atoms with Crippen LogP contribution >= 0.6 is 0 Å². The second-order valence-electron chi connectivity index (χ2n) is 5.93. The first kappa shape index (κ1) is 13.6. The van der Waals surface area contributed by atoms with Crippen molar-refractivity contribution in [2.45, 2.75) is 25.7 Å². The first-order valence-corrected chi connectivity index (χ1v) is 7.01. The molecule has 106 valence electrons. The fourth-order valence-electron chi connectivity index (χ4n) is 2.63. The Balaban J connectivity index is 1.90. The zero-order valence-electron chi connectivity index (χ0n) is 12.1. The van der Waals surface area contributed by atoms with Crippen LogP contribution in [0.1, 0.15) is 35.3 Å². The number of hydrogen-bond acceptors (Lipinski definition) is 2. The summed E-state index contributed by atoms with van der Waals surface area (Å²) in [5, 5.41) is 2.85. The first-order valence-electron chi connectivity index (χ1n) is 7.01. The quantitative estimate of drug-likeness (QED) is 0.876. The third kappa shape index (κ3) is 2.35. The third-order valence-electron chi connectivity index (χ3n) is 4.04. The van der Waals surface area contributed by atoms with Gasteiger partial charge in [0.25, 0.3) is 0 Å². The number of amides is 1. The van der Waals surface area contributed by atoms with Crippen LogP contribution in [0.3, 0.4) is 0 Å². The van der Waals surface area contributed by atoms with Gasteiger partial charge in [-0.3, -0.25) is 9.59 Å². The molecule has 1 aliphatic rings. The van der Waals surface area contributed by atoms with Crippen molar-refractivity contribution in [1.29, 1.82) is 0 Å². The van der Waals surface area contributed by atoms with Crippen molar-refractivity contribution in [1.82, 2.24) is 0 Å². The minimum absolute atomic E-state index is 0.0230. The van der Waals surface area contributed by atoms with Gasteiger partial charge >= 0.3 is 0 Å². The van der Waals surface area contributed by atoms with Crippen molar-refractivity contribution >= 4 is 17.4 Å². The highest BCUT2D eigenvalue weighted by atomic mass is 16.2. The maximum atomic E-state index is 12.4. The molecule has 3 nitrogen and oxygen atoms in total. The Kier molecular flexibility index (Phi) is 3.13. The molecule has 2 aromatic rings. The van der Waals surface area contributed by atoms with Gasteiger partial charge in [-0.25, -0.2) is 0 Å². The van der Waals surface area contributed by atoms with Crippen LogP contribution in [0, 0.1) is 0 Å². The lowest BCUT2D eigenvalue weighted by Crippen LogP contribution is -2.27. The van der Waals surface area contributed by atoms with Crippen molar-refractivity contribution in [2.24, 2.45) is 0 Å². The van der Waals surface area contributed by atoms with E-state index < -0.39 is 5.41 Å². The molecule has 0 saturated heterocycles. The number of anilines is 1. The van der Waals surface area contributed by atoms with E-state index in [1.54, 1.807) is 6.07 Å². The van der Waals surface area contributed by atoms with Gasteiger partial charge in [0.1, 0.15) is 0 Å². The standard InChI is InChI=1S/C18H17NO2/c1-18(2)14-11-13(8-9-15(14)19-17(18)21)16(20)10-12-6-4-3-5-7-12/h3-9,11H,10H2,1-2H3,(H,19,21). The van der Waals surface area contributed by atoms with Crippen LogP contribution in [0.5, 0.6) is 0 Å². The number of hydrogen-bond donors (Lipinski definition) is 1. The summed E-state index contributed by atoms with van der Waals surface area (Å²) in [6.45, 7) is 3.75. The molecule has 3 rings (SSSR count). The van der Waals surface area contributed by atoms with Gasteiger partial charge in [0.15, 0.2) is 5.78 Å². The topological polar surface area (TPSA) is 46.2 Å². The van der Waals surface area contributed by atoms with Gasteiger partial charge in [-0.05, 0) is 43.2 Å². The van der Waals surface area contributed by atoms with E-state index in [1.807, 2.05) is 56.3 Å². The van der Waals surface area contributed by atoms with Gasteiger partial charge in [0.05, 0.1) is 5.41 Å². The van der Waals surface area contributed by atoms with Crippen molar-refractivity contribution in [3.8, 4) is 0 Å². The maximum absolute atomic E-state index is 12.4. The molecule has 0 fully saturated rings. The van der Waals surface area contributed by atoms with Crippen LogP contribution in [0.15, 0.2) is 48.5 Å². The minimum Gasteiger partial charge on any atom is -0.325 e. The molecule has 1 amide bonds. The SMILES string of the molecule is CC1(C)C(=O)Nc2ccc(C(=O)Cc3ccccc3)cc21. The molecule has 1 N–H and O–H groups in total. The number of Topliss-reactive ketones (excluding diaryl/α,β-unsaturated/α-hetero) is 1. The molecule has 0 aliphatic carbocycles. The van der Waals surface area contributed by atoms with Gasteiger partial charge in [0.2, 0.25) is 5.91 Å². The van der Waals surface area contributed by atoms with E-state index in [1.165, 1.54) is 0 Å². The van der Waals surface area contributed by atoms with Crippen molar-refractivity contribution in [2.75, 3.05) is 5.32 Å². The number of fused-ring (bicyclic) bond motifs is 1. The average molecular weight is 279 g/mol. The molecule has 0 saturated carbocycles. The van der Waals surface area contributed by atoms with Gasteiger partial charge in [-0.15, -0.1) is 0 Å². The number of carbonyl (C=O) groups is 2. The second kappa shape index (κ2) is 4.85. The Hall–Kier alpha value is -2.42. The molecule has 1 heterocycles. The Morgan fingerprint density at radius 3 is 2.52 bits per heavy atom. The lowest BCUT2D eigenvalue weighted by Gasteiger charge is -2.15. The summed E-state index contributed by atoms with van der Waals surface area (Å²) >= 11 is 0. The lowest BCUT2D eigenvalue weighted by molar-refractivity contribution is -0.119. The van der Waals surface area contributed by atoms with Crippen molar-refractivity contribution < 1.29 is 9.59 Å². The fraction of sp³-hybridized carbons (Fsp3) is 0.222. The molecule has 1 aliphatic heterocycles. The van der Waals surface area contributed by atoms with E-state index in [2.05, 4.69) is 5.32 Å². The Bertz CT molecular complexity index is 717. The summed E-state index contributed by atoms with van der Waals surface area (Å²) in [7, 11) is 0. The van der Waals surface area contributed by atoms with Crippen LogP contribution in [0.25, 0.3) is 0 Å². The minimum atomic E-state index is -0.585. The van der Waals surface area contributed by atoms with Crippen LogP contribution in [-0.2, 0) is 16.6 Å². The smallest absolute Gasteiger partial charge is 0.234 e. The van der Waals surface area contributed by atoms with Gasteiger partial charge < -0.3 is 5.32 Å². The van der Waals surface area contributed by atoms with Crippen molar-refractivity contribution in [3.63, 3.8) is 0 Å². The molecule has 0 unspecified atom stereocenters.